The second kappa shape index (κ2) is 6.07. The van der Waals surface area contributed by atoms with E-state index < -0.39 is 0 Å². The van der Waals surface area contributed by atoms with Crippen molar-refractivity contribution in [1.82, 2.24) is 0 Å². The minimum absolute atomic E-state index is 0.515. The summed E-state index contributed by atoms with van der Waals surface area (Å²) in [6.45, 7) is 3.08. The molecule has 0 saturated heterocycles. The normalized spacial score (nSPS) is 10.1. The summed E-state index contributed by atoms with van der Waals surface area (Å²) in [5.41, 5.74) is 6.55. The van der Waals surface area contributed by atoms with E-state index in [1.54, 1.807) is 0 Å². The molecule has 0 amide bonds. The molecule has 0 spiro atoms. The summed E-state index contributed by atoms with van der Waals surface area (Å²) in [7, 11) is 0. The third-order valence-corrected chi connectivity index (χ3v) is 2.44. The smallest absolute Gasteiger partial charge is 0.127 e. The predicted octanol–water partition coefficient (Wildman–Crippen LogP) is 3.12. The molecule has 0 unspecified atom stereocenters. The summed E-state index contributed by atoms with van der Waals surface area (Å²) in [5.74, 6) is 2.43. The summed E-state index contributed by atoms with van der Waals surface area (Å²) in [4.78, 5) is 0. The van der Waals surface area contributed by atoms with Crippen LogP contribution in [0.4, 0.5) is 0 Å². The van der Waals surface area contributed by atoms with Gasteiger partial charge in [0, 0.05) is 6.54 Å². The fourth-order valence-electron chi connectivity index (χ4n) is 1.60. The lowest BCUT2D eigenvalue weighted by molar-refractivity contribution is 0.328. The second-order valence-corrected chi connectivity index (χ2v) is 4.03. The van der Waals surface area contributed by atoms with Crippen molar-refractivity contribution in [3.63, 3.8) is 0 Å². The van der Waals surface area contributed by atoms with Gasteiger partial charge in [-0.3, -0.25) is 0 Å². The Morgan fingerprint density at radius 3 is 2.33 bits per heavy atom. The summed E-state index contributed by atoms with van der Waals surface area (Å²) in [6, 6.07) is 15.5. The molecule has 0 bridgehead atoms. The number of ether oxygens (including phenoxy) is 2. The topological polar surface area (TPSA) is 44.5 Å². The third-order valence-electron chi connectivity index (χ3n) is 2.44. The van der Waals surface area contributed by atoms with E-state index in [1.165, 1.54) is 5.56 Å². The van der Waals surface area contributed by atoms with Crippen molar-refractivity contribution in [2.24, 2.45) is 5.73 Å². The Labute approximate surface area is 107 Å². The van der Waals surface area contributed by atoms with Crippen LogP contribution in [0, 0.1) is 6.92 Å². The molecule has 0 fully saturated rings. The van der Waals surface area contributed by atoms with E-state index >= 15 is 0 Å². The van der Waals surface area contributed by atoms with Gasteiger partial charge >= 0.3 is 0 Å². The highest BCUT2D eigenvalue weighted by Gasteiger charge is 1.98. The molecule has 3 heteroatoms. The van der Waals surface area contributed by atoms with Crippen molar-refractivity contribution in [1.29, 1.82) is 0 Å². The molecule has 18 heavy (non-hydrogen) atoms. The first-order valence-corrected chi connectivity index (χ1v) is 5.95. The third kappa shape index (κ3) is 3.50. The van der Waals surface area contributed by atoms with Gasteiger partial charge in [-0.1, -0.05) is 12.1 Å². The molecule has 0 saturated carbocycles. The van der Waals surface area contributed by atoms with E-state index in [0.717, 1.165) is 17.2 Å². The van der Waals surface area contributed by atoms with Gasteiger partial charge in [-0.25, -0.2) is 0 Å². The van der Waals surface area contributed by atoms with Gasteiger partial charge < -0.3 is 15.2 Å². The number of nitrogens with two attached hydrogens (primary N) is 1. The highest BCUT2D eigenvalue weighted by Crippen LogP contribution is 2.24. The Kier molecular flexibility index (Phi) is 4.20. The second-order valence-electron chi connectivity index (χ2n) is 4.03. The molecule has 0 aromatic heterocycles. The lowest BCUT2D eigenvalue weighted by Crippen LogP contribution is -2.10. The average molecular weight is 243 g/mol. The van der Waals surface area contributed by atoms with Crippen molar-refractivity contribution < 1.29 is 9.47 Å². The summed E-state index contributed by atoms with van der Waals surface area (Å²) in [5, 5.41) is 0. The quantitative estimate of drug-likeness (QED) is 0.877. The molecule has 94 valence electrons. The van der Waals surface area contributed by atoms with Crippen molar-refractivity contribution in [2.45, 2.75) is 6.92 Å². The minimum atomic E-state index is 0.515. The van der Waals surface area contributed by atoms with Crippen molar-refractivity contribution in [2.75, 3.05) is 13.2 Å². The Bertz CT molecular complexity index is 494. The largest absolute Gasteiger partial charge is 0.492 e. The van der Waals surface area contributed by atoms with Crippen LogP contribution in [-0.4, -0.2) is 13.2 Å². The molecule has 0 aliphatic carbocycles. The van der Waals surface area contributed by atoms with Crippen LogP contribution < -0.4 is 15.2 Å². The van der Waals surface area contributed by atoms with Crippen LogP contribution in [0.2, 0.25) is 0 Å². The molecule has 0 heterocycles. The van der Waals surface area contributed by atoms with Crippen LogP contribution in [0.1, 0.15) is 5.56 Å². The van der Waals surface area contributed by atoms with E-state index in [0.29, 0.717) is 13.2 Å². The van der Waals surface area contributed by atoms with Gasteiger partial charge in [0.1, 0.15) is 23.9 Å². The molecule has 0 atom stereocenters. The SMILES string of the molecule is Cc1cccc(Oc2ccc(OCCN)cc2)c1. The van der Waals surface area contributed by atoms with Gasteiger partial charge in [-0.05, 0) is 48.9 Å². The standard InChI is InChI=1S/C15H17NO2/c1-12-3-2-4-15(11-12)18-14-7-5-13(6-8-14)17-10-9-16/h2-8,11H,9-10,16H2,1H3. The van der Waals surface area contributed by atoms with E-state index in [9.17, 15) is 0 Å². The van der Waals surface area contributed by atoms with Crippen LogP contribution >= 0.6 is 0 Å². The zero-order chi connectivity index (χ0) is 12.8. The molecule has 0 radical (unpaired) electrons. The molecule has 2 aromatic carbocycles. The fourth-order valence-corrected chi connectivity index (χ4v) is 1.60. The fraction of sp³-hybridized carbons (Fsp3) is 0.200. The molecule has 2 N–H and O–H groups in total. The summed E-state index contributed by atoms with van der Waals surface area (Å²) < 4.78 is 11.1. The Morgan fingerprint density at radius 2 is 1.67 bits per heavy atom. The van der Waals surface area contributed by atoms with Crippen molar-refractivity contribution >= 4 is 0 Å². The maximum Gasteiger partial charge on any atom is 0.127 e. The molecule has 0 aliphatic heterocycles. The number of hydrogen-bond acceptors (Lipinski definition) is 3. The zero-order valence-electron chi connectivity index (χ0n) is 10.4. The lowest BCUT2D eigenvalue weighted by atomic mass is 10.2. The van der Waals surface area contributed by atoms with E-state index in [4.69, 9.17) is 15.2 Å². The summed E-state index contributed by atoms with van der Waals surface area (Å²) in [6.07, 6.45) is 0. The highest BCUT2D eigenvalue weighted by atomic mass is 16.5. The van der Waals surface area contributed by atoms with Gasteiger partial charge in [0.2, 0.25) is 0 Å². The lowest BCUT2D eigenvalue weighted by Gasteiger charge is -2.08. The Hall–Kier alpha value is -2.00. The van der Waals surface area contributed by atoms with Crippen molar-refractivity contribution in [3.8, 4) is 17.2 Å². The first-order valence-electron chi connectivity index (χ1n) is 5.95. The number of benzene rings is 2. The van der Waals surface area contributed by atoms with Gasteiger partial charge in [-0.15, -0.1) is 0 Å². The zero-order valence-corrected chi connectivity index (χ0v) is 10.4. The predicted molar refractivity (Wildman–Crippen MR) is 72.2 cm³/mol. The molecule has 2 rings (SSSR count). The number of aryl methyl sites for hydroxylation is 1. The van der Waals surface area contributed by atoms with Crippen LogP contribution in [0.25, 0.3) is 0 Å². The van der Waals surface area contributed by atoms with Crippen LogP contribution in [0.3, 0.4) is 0 Å². The Balaban J connectivity index is 2.02. The first kappa shape index (κ1) is 12.5. The van der Waals surface area contributed by atoms with Gasteiger partial charge in [-0.2, -0.15) is 0 Å². The Morgan fingerprint density at radius 1 is 0.944 bits per heavy atom. The van der Waals surface area contributed by atoms with E-state index in [2.05, 4.69) is 0 Å². The van der Waals surface area contributed by atoms with Crippen LogP contribution in [0.5, 0.6) is 17.2 Å². The van der Waals surface area contributed by atoms with Gasteiger partial charge in [0.05, 0.1) is 0 Å². The van der Waals surface area contributed by atoms with Crippen LogP contribution in [-0.2, 0) is 0 Å². The van der Waals surface area contributed by atoms with E-state index in [-0.39, 0.29) is 0 Å². The summed E-state index contributed by atoms with van der Waals surface area (Å²) >= 11 is 0. The molecule has 3 nitrogen and oxygen atoms in total. The maximum absolute atomic E-state index is 5.74. The molecular weight excluding hydrogens is 226 g/mol. The monoisotopic (exact) mass is 243 g/mol. The van der Waals surface area contributed by atoms with Gasteiger partial charge in [0.25, 0.3) is 0 Å². The minimum Gasteiger partial charge on any atom is -0.492 e. The van der Waals surface area contributed by atoms with Crippen LogP contribution in [0.15, 0.2) is 48.5 Å². The molecular formula is C15H17NO2. The molecule has 2 aromatic rings. The number of rotatable bonds is 5. The van der Waals surface area contributed by atoms with E-state index in [1.807, 2.05) is 55.5 Å². The molecule has 0 aliphatic rings. The van der Waals surface area contributed by atoms with Crippen molar-refractivity contribution in [3.05, 3.63) is 54.1 Å². The highest BCUT2D eigenvalue weighted by molar-refractivity contribution is 5.36. The van der Waals surface area contributed by atoms with Gasteiger partial charge in [0.15, 0.2) is 0 Å². The average Bonchev–Trinajstić information content (AvgIpc) is 2.38. The maximum atomic E-state index is 5.74. The number of hydrogen-bond donors (Lipinski definition) is 1. The first-order chi connectivity index (χ1) is 8.78.